The van der Waals surface area contributed by atoms with Crippen molar-refractivity contribution in [3.63, 3.8) is 0 Å². The summed E-state index contributed by atoms with van der Waals surface area (Å²) in [6.45, 7) is 3.55. The van der Waals surface area contributed by atoms with Crippen molar-refractivity contribution in [3.8, 4) is 0 Å². The molecule has 0 atom stereocenters. The molecule has 1 aromatic rings. The van der Waals surface area contributed by atoms with Gasteiger partial charge in [0, 0.05) is 12.4 Å². The predicted octanol–water partition coefficient (Wildman–Crippen LogP) is 7.11. The smallest absolute Gasteiger partial charge is 0.0267 e. The second-order valence-corrected chi connectivity index (χ2v) is 7.42. The van der Waals surface area contributed by atoms with E-state index in [1.54, 1.807) is 12.4 Å². The van der Waals surface area contributed by atoms with E-state index in [0.717, 1.165) is 0 Å². The molecule has 2 heteroatoms. The zero-order chi connectivity index (χ0) is 18.4. The molecule has 0 radical (unpaired) electrons. The monoisotopic (exact) mass is 348 g/mol. The lowest BCUT2D eigenvalue weighted by atomic mass is 10.0. The molecule has 0 aliphatic carbocycles. The highest BCUT2D eigenvalue weighted by molar-refractivity contribution is 4.88. The van der Waals surface area contributed by atoms with Crippen LogP contribution in [0, 0.1) is 0 Å². The van der Waals surface area contributed by atoms with Gasteiger partial charge in [0.25, 0.3) is 0 Å². The third-order valence-electron chi connectivity index (χ3n) is 4.53. The molecule has 0 saturated carbocycles. The standard InChI is InChI=1S/C18H39N.C5H5N/c1-4-5-6-7-8-9-10-11-12-13-14-15-16-17-18-19(2)3;1-2-4-6-5-3-1/h4-18H2,1-3H3;1-5H. The molecule has 0 saturated heterocycles. The molecule has 1 aromatic heterocycles. The van der Waals surface area contributed by atoms with Gasteiger partial charge in [-0.05, 0) is 39.2 Å². The molecule has 0 fully saturated rings. The van der Waals surface area contributed by atoms with Crippen LogP contribution < -0.4 is 0 Å². The molecular formula is C23H44N2. The van der Waals surface area contributed by atoms with E-state index in [-0.39, 0.29) is 0 Å². The van der Waals surface area contributed by atoms with Crippen LogP contribution in [0.5, 0.6) is 0 Å². The van der Waals surface area contributed by atoms with Crippen LogP contribution in [0.3, 0.4) is 0 Å². The first-order chi connectivity index (χ1) is 12.3. The Morgan fingerprint density at radius 3 is 1.24 bits per heavy atom. The van der Waals surface area contributed by atoms with Gasteiger partial charge >= 0.3 is 0 Å². The predicted molar refractivity (Wildman–Crippen MR) is 113 cm³/mol. The van der Waals surface area contributed by atoms with Gasteiger partial charge in [0.15, 0.2) is 0 Å². The Morgan fingerprint density at radius 2 is 0.960 bits per heavy atom. The lowest BCUT2D eigenvalue weighted by Gasteiger charge is -2.08. The summed E-state index contributed by atoms with van der Waals surface area (Å²) in [6, 6.07) is 5.72. The average Bonchev–Trinajstić information content (AvgIpc) is 2.64. The second kappa shape index (κ2) is 21.2. The largest absolute Gasteiger partial charge is 0.309 e. The number of aromatic nitrogens is 1. The molecule has 0 spiro atoms. The van der Waals surface area contributed by atoms with Crippen LogP contribution in [0.15, 0.2) is 30.6 Å². The van der Waals surface area contributed by atoms with Crippen LogP contribution in [-0.2, 0) is 0 Å². The Kier molecular flexibility index (Phi) is 20.4. The highest BCUT2D eigenvalue weighted by Crippen LogP contribution is 2.12. The summed E-state index contributed by atoms with van der Waals surface area (Å²) in [5, 5.41) is 0. The molecule has 25 heavy (non-hydrogen) atoms. The van der Waals surface area contributed by atoms with Crippen LogP contribution in [0.2, 0.25) is 0 Å². The second-order valence-electron chi connectivity index (χ2n) is 7.42. The van der Waals surface area contributed by atoms with E-state index in [2.05, 4.69) is 30.9 Å². The van der Waals surface area contributed by atoms with Gasteiger partial charge in [-0.1, -0.05) is 96.5 Å². The highest BCUT2D eigenvalue weighted by Gasteiger charge is 1.94. The molecule has 0 N–H and O–H groups in total. The average molecular weight is 349 g/mol. The van der Waals surface area contributed by atoms with Crippen molar-refractivity contribution in [1.29, 1.82) is 0 Å². The van der Waals surface area contributed by atoms with Crippen molar-refractivity contribution in [3.05, 3.63) is 30.6 Å². The molecular weight excluding hydrogens is 304 g/mol. The topological polar surface area (TPSA) is 16.1 Å². The third-order valence-corrected chi connectivity index (χ3v) is 4.53. The van der Waals surface area contributed by atoms with Gasteiger partial charge in [-0.15, -0.1) is 0 Å². The van der Waals surface area contributed by atoms with Gasteiger partial charge < -0.3 is 4.90 Å². The van der Waals surface area contributed by atoms with E-state index in [1.807, 2.05) is 18.2 Å². The van der Waals surface area contributed by atoms with E-state index in [9.17, 15) is 0 Å². The summed E-state index contributed by atoms with van der Waals surface area (Å²) in [5.41, 5.74) is 0. The number of pyridine rings is 1. The van der Waals surface area contributed by atoms with E-state index >= 15 is 0 Å². The van der Waals surface area contributed by atoms with Gasteiger partial charge in [-0.25, -0.2) is 0 Å². The Balaban J connectivity index is 0.000000796. The Morgan fingerprint density at radius 1 is 0.560 bits per heavy atom. The van der Waals surface area contributed by atoms with Crippen molar-refractivity contribution in [2.45, 2.75) is 96.8 Å². The summed E-state index contributed by atoms with van der Waals surface area (Å²) in [5.74, 6) is 0. The fourth-order valence-electron chi connectivity index (χ4n) is 2.94. The van der Waals surface area contributed by atoms with Gasteiger partial charge in [0.2, 0.25) is 0 Å². The molecule has 0 aromatic carbocycles. The molecule has 0 aliphatic heterocycles. The lowest BCUT2D eigenvalue weighted by molar-refractivity contribution is 0.389. The minimum Gasteiger partial charge on any atom is -0.309 e. The third kappa shape index (κ3) is 23.1. The molecule has 2 nitrogen and oxygen atoms in total. The summed E-state index contributed by atoms with van der Waals surface area (Å²) in [6.07, 6.45) is 23.8. The van der Waals surface area contributed by atoms with Crippen LogP contribution in [0.25, 0.3) is 0 Å². The molecule has 0 aliphatic rings. The molecule has 1 heterocycles. The summed E-state index contributed by atoms with van der Waals surface area (Å²) in [7, 11) is 4.34. The number of hydrogen-bond acceptors (Lipinski definition) is 2. The first-order valence-corrected chi connectivity index (χ1v) is 10.8. The Bertz CT molecular complexity index is 297. The zero-order valence-corrected chi connectivity index (χ0v) is 17.4. The number of unbranched alkanes of at least 4 members (excludes halogenated alkanes) is 13. The van der Waals surface area contributed by atoms with Crippen LogP contribution in [0.1, 0.15) is 96.8 Å². The van der Waals surface area contributed by atoms with Crippen LogP contribution in [-0.4, -0.2) is 30.5 Å². The Hall–Kier alpha value is -0.890. The SMILES string of the molecule is CCCCCCCCCCCCCCCCN(C)C.c1ccncc1. The van der Waals surface area contributed by atoms with Crippen molar-refractivity contribution in [1.82, 2.24) is 9.88 Å². The van der Waals surface area contributed by atoms with Crippen molar-refractivity contribution < 1.29 is 0 Å². The Labute approximate surface area is 158 Å². The van der Waals surface area contributed by atoms with Crippen molar-refractivity contribution in [2.75, 3.05) is 20.6 Å². The van der Waals surface area contributed by atoms with Gasteiger partial charge in [-0.3, -0.25) is 4.98 Å². The van der Waals surface area contributed by atoms with E-state index in [4.69, 9.17) is 0 Å². The summed E-state index contributed by atoms with van der Waals surface area (Å²) in [4.78, 5) is 6.08. The first kappa shape index (κ1) is 24.1. The number of nitrogens with zero attached hydrogens (tertiary/aromatic N) is 2. The minimum atomic E-state index is 1.26. The van der Waals surface area contributed by atoms with Gasteiger partial charge in [-0.2, -0.15) is 0 Å². The molecule has 146 valence electrons. The molecule has 0 amide bonds. The quantitative estimate of drug-likeness (QED) is 0.314. The first-order valence-electron chi connectivity index (χ1n) is 10.8. The number of rotatable bonds is 15. The molecule has 1 rings (SSSR count). The van der Waals surface area contributed by atoms with Crippen molar-refractivity contribution in [2.24, 2.45) is 0 Å². The number of hydrogen-bond donors (Lipinski definition) is 0. The fraction of sp³-hybridized carbons (Fsp3) is 0.783. The van der Waals surface area contributed by atoms with E-state index in [1.165, 1.54) is 96.4 Å². The normalized spacial score (nSPS) is 10.6. The summed E-state index contributed by atoms with van der Waals surface area (Å²) < 4.78 is 0. The maximum absolute atomic E-state index is 3.78. The minimum absolute atomic E-state index is 1.26. The van der Waals surface area contributed by atoms with Gasteiger partial charge in [0.05, 0.1) is 0 Å². The fourth-order valence-corrected chi connectivity index (χ4v) is 2.94. The molecule has 0 bridgehead atoms. The molecule has 0 unspecified atom stereocenters. The zero-order valence-electron chi connectivity index (χ0n) is 17.4. The maximum Gasteiger partial charge on any atom is 0.0267 e. The van der Waals surface area contributed by atoms with E-state index in [0.29, 0.717) is 0 Å². The summed E-state index contributed by atoms with van der Waals surface area (Å²) >= 11 is 0. The van der Waals surface area contributed by atoms with Crippen LogP contribution in [0.4, 0.5) is 0 Å². The van der Waals surface area contributed by atoms with E-state index < -0.39 is 0 Å². The van der Waals surface area contributed by atoms with Crippen LogP contribution >= 0.6 is 0 Å². The highest BCUT2D eigenvalue weighted by atomic mass is 15.0. The van der Waals surface area contributed by atoms with Gasteiger partial charge in [0.1, 0.15) is 0 Å². The lowest BCUT2D eigenvalue weighted by Crippen LogP contribution is -2.12. The maximum atomic E-state index is 3.78. The van der Waals surface area contributed by atoms with Crippen molar-refractivity contribution >= 4 is 0 Å².